The molecule has 0 amide bonds. The normalized spacial score (nSPS) is 12.0. The zero-order chi connectivity index (χ0) is 21.0. The van der Waals surface area contributed by atoms with Crippen LogP contribution >= 0.6 is 0 Å². The van der Waals surface area contributed by atoms with Crippen LogP contribution in [0.2, 0.25) is 0 Å². The lowest BCUT2D eigenvalue weighted by molar-refractivity contribution is 0.0318. The Hall–Kier alpha value is -3.12. The molecular weight excluding hydrogens is 370 g/mol. The first kappa shape index (κ1) is 20.6. The number of aromatic amines is 1. The van der Waals surface area contributed by atoms with Crippen molar-refractivity contribution < 1.29 is 23.8 Å². The monoisotopic (exact) mass is 395 g/mol. The molecule has 0 saturated heterocycles. The number of hydrogen-bond acceptors (Lipinski definition) is 5. The van der Waals surface area contributed by atoms with Gasteiger partial charge >= 0.3 is 5.97 Å². The first-order valence-electron chi connectivity index (χ1n) is 9.53. The molecule has 0 aliphatic rings. The summed E-state index contributed by atoms with van der Waals surface area (Å²) in [5.41, 5.74) is 3.27. The molecule has 0 aliphatic carbocycles. The van der Waals surface area contributed by atoms with E-state index in [1.165, 1.54) is 0 Å². The van der Waals surface area contributed by atoms with Crippen LogP contribution in [0, 0.1) is 6.92 Å². The molecule has 6 nitrogen and oxygen atoms in total. The Labute approximate surface area is 169 Å². The number of hydrogen-bond donors (Lipinski definition) is 1. The first-order valence-corrected chi connectivity index (χ1v) is 9.53. The molecule has 152 valence electrons. The van der Waals surface area contributed by atoms with Crippen LogP contribution in [-0.4, -0.2) is 36.6 Å². The summed E-state index contributed by atoms with van der Waals surface area (Å²) in [7, 11) is 1.56. The summed E-state index contributed by atoms with van der Waals surface area (Å²) in [5.74, 6) is -0.173. The first-order chi connectivity index (χ1) is 14.0. The summed E-state index contributed by atoms with van der Waals surface area (Å²) >= 11 is 0. The molecule has 3 rings (SSSR count). The minimum absolute atomic E-state index is 0.239. The highest BCUT2D eigenvalue weighted by Crippen LogP contribution is 2.25. The third kappa shape index (κ3) is 4.32. The summed E-state index contributed by atoms with van der Waals surface area (Å²) in [5, 5.41) is 0.821. The van der Waals surface area contributed by atoms with Crippen LogP contribution < -0.4 is 4.74 Å². The van der Waals surface area contributed by atoms with E-state index in [9.17, 15) is 9.59 Å². The predicted molar refractivity (Wildman–Crippen MR) is 111 cm³/mol. The van der Waals surface area contributed by atoms with E-state index < -0.39 is 12.1 Å². The Morgan fingerprint density at radius 3 is 2.62 bits per heavy atom. The summed E-state index contributed by atoms with van der Waals surface area (Å²) in [6.45, 7) is 6.19. The Kier molecular flexibility index (Phi) is 6.34. The number of rotatable bonds is 8. The van der Waals surface area contributed by atoms with E-state index in [4.69, 9.17) is 14.2 Å². The fourth-order valence-corrected chi connectivity index (χ4v) is 3.31. The molecule has 0 fully saturated rings. The number of Topliss-reactive ketones (excluding diaryl/α,β-unsaturated/α-hetero) is 1. The van der Waals surface area contributed by atoms with Gasteiger partial charge in [-0.1, -0.05) is 18.2 Å². The molecule has 0 aliphatic heterocycles. The summed E-state index contributed by atoms with van der Waals surface area (Å²) in [6, 6.07) is 12.5. The van der Waals surface area contributed by atoms with E-state index in [1.54, 1.807) is 32.2 Å². The number of nitrogens with one attached hydrogen (secondary N) is 1. The second-order valence-corrected chi connectivity index (χ2v) is 6.75. The lowest BCUT2D eigenvalue weighted by Crippen LogP contribution is -2.25. The highest BCUT2D eigenvalue weighted by molar-refractivity contribution is 6.11. The zero-order valence-corrected chi connectivity index (χ0v) is 17.1. The maximum absolute atomic E-state index is 13.0. The number of aryl methyl sites for hydroxylation is 1. The molecule has 1 atom stereocenters. The number of H-pyrrole nitrogens is 1. The number of carbonyl (C=O) groups excluding carboxylic acids is 2. The van der Waals surface area contributed by atoms with E-state index >= 15 is 0 Å². The Morgan fingerprint density at radius 1 is 1.14 bits per heavy atom. The van der Waals surface area contributed by atoms with Gasteiger partial charge in [0.15, 0.2) is 6.10 Å². The number of esters is 1. The van der Waals surface area contributed by atoms with Crippen molar-refractivity contribution >= 4 is 22.7 Å². The van der Waals surface area contributed by atoms with Crippen molar-refractivity contribution in [3.63, 3.8) is 0 Å². The number of benzene rings is 2. The third-order valence-electron chi connectivity index (χ3n) is 4.77. The number of fused-ring (bicyclic) bond motifs is 1. The second kappa shape index (κ2) is 8.92. The molecule has 3 aromatic rings. The average Bonchev–Trinajstić information content (AvgIpc) is 3.06. The molecule has 0 radical (unpaired) electrons. The SMILES string of the molecule is CCOCc1cc(C(=O)O[C@@H](C)C(=O)c2c(C)[nH]c3ccccc23)ccc1OC. The van der Waals surface area contributed by atoms with Crippen LogP contribution in [-0.2, 0) is 16.1 Å². The van der Waals surface area contributed by atoms with Crippen LogP contribution in [0.4, 0.5) is 0 Å². The quantitative estimate of drug-likeness (QED) is 0.450. The average molecular weight is 395 g/mol. The molecule has 6 heteroatoms. The maximum Gasteiger partial charge on any atom is 0.338 e. The lowest BCUT2D eigenvalue weighted by Gasteiger charge is -2.14. The van der Waals surface area contributed by atoms with Gasteiger partial charge in [0.1, 0.15) is 5.75 Å². The molecule has 0 saturated carbocycles. The summed E-state index contributed by atoms with van der Waals surface area (Å²) in [4.78, 5) is 28.8. The van der Waals surface area contributed by atoms with Gasteiger partial charge in [-0.25, -0.2) is 4.79 Å². The van der Waals surface area contributed by atoms with E-state index in [2.05, 4.69) is 4.98 Å². The highest BCUT2D eigenvalue weighted by Gasteiger charge is 2.25. The Morgan fingerprint density at radius 2 is 1.90 bits per heavy atom. The van der Waals surface area contributed by atoms with Crippen LogP contribution in [0.15, 0.2) is 42.5 Å². The number of ether oxygens (including phenoxy) is 3. The largest absolute Gasteiger partial charge is 0.496 e. The van der Waals surface area contributed by atoms with Crippen LogP contribution in [0.5, 0.6) is 5.75 Å². The van der Waals surface area contributed by atoms with Crippen molar-refractivity contribution in [3.8, 4) is 5.75 Å². The fourth-order valence-electron chi connectivity index (χ4n) is 3.31. The van der Waals surface area contributed by atoms with Gasteiger partial charge in [0.25, 0.3) is 0 Å². The molecule has 1 aromatic heterocycles. The number of aromatic nitrogens is 1. The smallest absolute Gasteiger partial charge is 0.338 e. The van der Waals surface area contributed by atoms with Crippen LogP contribution in [0.25, 0.3) is 10.9 Å². The van der Waals surface area contributed by atoms with Gasteiger partial charge in [0.05, 0.1) is 19.3 Å². The standard InChI is InChI=1S/C23H25NO5/c1-5-28-13-17-12-16(10-11-20(17)27-4)23(26)29-15(3)22(25)21-14(2)24-19-9-7-6-8-18(19)21/h6-12,15,24H,5,13H2,1-4H3/t15-/m0/s1. The molecule has 0 spiro atoms. The highest BCUT2D eigenvalue weighted by atomic mass is 16.5. The van der Waals surface area contributed by atoms with Gasteiger partial charge in [0.2, 0.25) is 5.78 Å². The maximum atomic E-state index is 13.0. The number of carbonyl (C=O) groups is 2. The number of para-hydroxylation sites is 1. The molecule has 29 heavy (non-hydrogen) atoms. The van der Waals surface area contributed by atoms with Crippen molar-refractivity contribution in [2.45, 2.75) is 33.5 Å². The van der Waals surface area contributed by atoms with E-state index in [0.29, 0.717) is 30.1 Å². The number of ketones is 1. The summed E-state index contributed by atoms with van der Waals surface area (Å²) < 4.78 is 16.2. The van der Waals surface area contributed by atoms with Crippen molar-refractivity contribution in [2.75, 3.05) is 13.7 Å². The minimum Gasteiger partial charge on any atom is -0.496 e. The van der Waals surface area contributed by atoms with Crippen LogP contribution in [0.3, 0.4) is 0 Å². The predicted octanol–water partition coefficient (Wildman–Crippen LogP) is 4.45. The fraction of sp³-hybridized carbons (Fsp3) is 0.304. The zero-order valence-electron chi connectivity index (χ0n) is 17.1. The van der Waals surface area contributed by atoms with E-state index in [1.807, 2.05) is 38.1 Å². The Bertz CT molecular complexity index is 1040. The van der Waals surface area contributed by atoms with Crippen molar-refractivity contribution in [2.24, 2.45) is 0 Å². The molecule has 0 bridgehead atoms. The van der Waals surface area contributed by atoms with Crippen molar-refractivity contribution in [1.82, 2.24) is 4.98 Å². The lowest BCUT2D eigenvalue weighted by atomic mass is 10.0. The van der Waals surface area contributed by atoms with Gasteiger partial charge in [-0.3, -0.25) is 4.79 Å². The third-order valence-corrected chi connectivity index (χ3v) is 4.77. The number of methoxy groups -OCH3 is 1. The molecule has 2 aromatic carbocycles. The topological polar surface area (TPSA) is 77.6 Å². The second-order valence-electron chi connectivity index (χ2n) is 6.75. The Balaban J connectivity index is 1.79. The van der Waals surface area contributed by atoms with Gasteiger partial charge in [0, 0.05) is 34.3 Å². The molecule has 1 N–H and O–H groups in total. The van der Waals surface area contributed by atoms with Crippen molar-refractivity contribution in [1.29, 1.82) is 0 Å². The summed E-state index contributed by atoms with van der Waals surface area (Å²) in [6.07, 6.45) is -0.919. The minimum atomic E-state index is -0.919. The van der Waals surface area contributed by atoms with Crippen molar-refractivity contribution in [3.05, 3.63) is 64.8 Å². The van der Waals surface area contributed by atoms with E-state index in [-0.39, 0.29) is 5.78 Å². The molecule has 0 unspecified atom stereocenters. The van der Waals surface area contributed by atoms with Gasteiger partial charge in [-0.2, -0.15) is 0 Å². The molecule has 1 heterocycles. The van der Waals surface area contributed by atoms with Gasteiger partial charge in [-0.05, 0) is 45.0 Å². The molecular formula is C23H25NO5. The van der Waals surface area contributed by atoms with Gasteiger partial charge in [-0.15, -0.1) is 0 Å². The van der Waals surface area contributed by atoms with E-state index in [0.717, 1.165) is 22.2 Å². The van der Waals surface area contributed by atoms with Gasteiger partial charge < -0.3 is 19.2 Å². The van der Waals surface area contributed by atoms with Crippen LogP contribution in [0.1, 0.15) is 45.8 Å².